The Balaban J connectivity index is 3.29. The highest BCUT2D eigenvalue weighted by molar-refractivity contribution is 7.80. The maximum absolute atomic E-state index is 10.3. The molecule has 0 heterocycles. The standard InChI is InChI=1S/C7H15NOS/c1-8-4-2-7(6-9)3-5-10/h6-8,10H,2-5H2,1H3. The van der Waals surface area contributed by atoms with Crippen LogP contribution in [0, 0.1) is 5.92 Å². The van der Waals surface area contributed by atoms with Crippen molar-refractivity contribution in [3.63, 3.8) is 0 Å². The van der Waals surface area contributed by atoms with Crippen molar-refractivity contribution in [1.82, 2.24) is 5.32 Å². The summed E-state index contributed by atoms with van der Waals surface area (Å²) in [7, 11) is 1.89. The number of carbonyl (C=O) groups is 1. The molecule has 0 saturated heterocycles. The largest absolute Gasteiger partial charge is 0.320 e. The van der Waals surface area contributed by atoms with Crippen LogP contribution >= 0.6 is 12.6 Å². The van der Waals surface area contributed by atoms with Gasteiger partial charge in [-0.25, -0.2) is 0 Å². The lowest BCUT2D eigenvalue weighted by Crippen LogP contribution is -2.14. The Hall–Kier alpha value is -0.0200. The fourth-order valence-corrected chi connectivity index (χ4v) is 1.11. The average Bonchev–Trinajstić information content (AvgIpc) is 1.98. The van der Waals surface area contributed by atoms with Gasteiger partial charge in [-0.3, -0.25) is 0 Å². The Morgan fingerprint density at radius 3 is 2.70 bits per heavy atom. The zero-order valence-electron chi connectivity index (χ0n) is 6.34. The van der Waals surface area contributed by atoms with Crippen LogP contribution in [0.5, 0.6) is 0 Å². The molecule has 0 bridgehead atoms. The highest BCUT2D eigenvalue weighted by Gasteiger charge is 2.03. The third-order valence-electron chi connectivity index (χ3n) is 1.46. The number of hydrogen-bond acceptors (Lipinski definition) is 3. The van der Waals surface area contributed by atoms with Gasteiger partial charge in [0.1, 0.15) is 6.29 Å². The van der Waals surface area contributed by atoms with E-state index in [0.29, 0.717) is 0 Å². The van der Waals surface area contributed by atoms with Crippen LogP contribution < -0.4 is 5.32 Å². The van der Waals surface area contributed by atoms with E-state index in [9.17, 15) is 4.79 Å². The van der Waals surface area contributed by atoms with Gasteiger partial charge in [-0.2, -0.15) is 12.6 Å². The van der Waals surface area contributed by atoms with Crippen molar-refractivity contribution < 1.29 is 4.79 Å². The zero-order chi connectivity index (χ0) is 7.82. The lowest BCUT2D eigenvalue weighted by molar-refractivity contribution is -0.111. The van der Waals surface area contributed by atoms with Crippen LogP contribution in [-0.2, 0) is 4.79 Å². The van der Waals surface area contributed by atoms with E-state index in [1.807, 2.05) is 7.05 Å². The van der Waals surface area contributed by atoms with Crippen molar-refractivity contribution in [1.29, 1.82) is 0 Å². The molecule has 60 valence electrons. The lowest BCUT2D eigenvalue weighted by atomic mass is 10.1. The summed E-state index contributed by atoms with van der Waals surface area (Å²) >= 11 is 4.06. The van der Waals surface area contributed by atoms with Crippen LogP contribution in [0.3, 0.4) is 0 Å². The fraction of sp³-hybridized carbons (Fsp3) is 0.857. The highest BCUT2D eigenvalue weighted by atomic mass is 32.1. The molecular weight excluding hydrogens is 146 g/mol. The lowest BCUT2D eigenvalue weighted by Gasteiger charge is -2.06. The van der Waals surface area contributed by atoms with E-state index < -0.39 is 0 Å². The minimum Gasteiger partial charge on any atom is -0.320 e. The molecule has 0 fully saturated rings. The molecule has 0 aromatic carbocycles. The summed E-state index contributed by atoms with van der Waals surface area (Å²) in [6.07, 6.45) is 2.85. The fourth-order valence-electron chi connectivity index (χ4n) is 0.776. The molecule has 0 radical (unpaired) electrons. The number of hydrogen-bond donors (Lipinski definition) is 2. The number of nitrogens with one attached hydrogen (secondary N) is 1. The van der Waals surface area contributed by atoms with E-state index in [-0.39, 0.29) is 5.92 Å². The topological polar surface area (TPSA) is 29.1 Å². The molecule has 2 nitrogen and oxygen atoms in total. The minimum absolute atomic E-state index is 0.199. The van der Waals surface area contributed by atoms with Gasteiger partial charge in [0.25, 0.3) is 0 Å². The smallest absolute Gasteiger partial charge is 0.123 e. The van der Waals surface area contributed by atoms with Crippen LogP contribution in [0.1, 0.15) is 12.8 Å². The normalized spacial score (nSPS) is 13.0. The molecular formula is C7H15NOS. The summed E-state index contributed by atoms with van der Waals surface area (Å²) in [6.45, 7) is 0.914. The van der Waals surface area contributed by atoms with Crippen molar-refractivity contribution in [3.05, 3.63) is 0 Å². The van der Waals surface area contributed by atoms with E-state index in [4.69, 9.17) is 0 Å². The molecule has 0 rings (SSSR count). The van der Waals surface area contributed by atoms with E-state index in [0.717, 1.165) is 31.4 Å². The maximum Gasteiger partial charge on any atom is 0.123 e. The van der Waals surface area contributed by atoms with Crippen LogP contribution in [0.25, 0.3) is 0 Å². The molecule has 0 aliphatic carbocycles. The molecule has 10 heavy (non-hydrogen) atoms. The predicted octanol–water partition coefficient (Wildman–Crippen LogP) is 0.731. The van der Waals surface area contributed by atoms with Gasteiger partial charge in [-0.15, -0.1) is 0 Å². The molecule has 1 atom stereocenters. The first-order valence-corrected chi connectivity index (χ1v) is 4.19. The first kappa shape index (κ1) is 9.98. The molecule has 0 aromatic heterocycles. The number of aldehydes is 1. The molecule has 0 aromatic rings. The molecule has 0 aliphatic rings. The first-order chi connectivity index (χ1) is 4.85. The van der Waals surface area contributed by atoms with Crippen molar-refractivity contribution in [3.8, 4) is 0 Å². The second-order valence-electron chi connectivity index (χ2n) is 2.30. The maximum atomic E-state index is 10.3. The summed E-state index contributed by atoms with van der Waals surface area (Å²) < 4.78 is 0. The van der Waals surface area contributed by atoms with Gasteiger partial charge in [-0.05, 0) is 32.2 Å². The van der Waals surface area contributed by atoms with Crippen molar-refractivity contribution in [2.75, 3.05) is 19.3 Å². The summed E-state index contributed by atoms with van der Waals surface area (Å²) in [6, 6.07) is 0. The Morgan fingerprint density at radius 2 is 2.30 bits per heavy atom. The van der Waals surface area contributed by atoms with Crippen molar-refractivity contribution in [2.24, 2.45) is 5.92 Å². The Bertz CT molecular complexity index is 87.7. The molecule has 3 heteroatoms. The SMILES string of the molecule is CNCCC(C=O)CCS. The first-order valence-electron chi connectivity index (χ1n) is 3.56. The zero-order valence-corrected chi connectivity index (χ0v) is 7.23. The molecule has 0 aliphatic heterocycles. The van der Waals surface area contributed by atoms with Crippen molar-refractivity contribution in [2.45, 2.75) is 12.8 Å². The number of carbonyl (C=O) groups excluding carboxylic acids is 1. The van der Waals surface area contributed by atoms with E-state index >= 15 is 0 Å². The van der Waals surface area contributed by atoms with E-state index in [1.165, 1.54) is 0 Å². The third-order valence-corrected chi connectivity index (χ3v) is 1.72. The van der Waals surface area contributed by atoms with Crippen LogP contribution in [-0.4, -0.2) is 25.6 Å². The molecule has 0 amide bonds. The Morgan fingerprint density at radius 1 is 1.60 bits per heavy atom. The van der Waals surface area contributed by atoms with Crippen LogP contribution in [0.2, 0.25) is 0 Å². The average molecular weight is 161 g/mol. The quantitative estimate of drug-likeness (QED) is 0.444. The van der Waals surface area contributed by atoms with Gasteiger partial charge in [0, 0.05) is 5.92 Å². The van der Waals surface area contributed by atoms with Crippen LogP contribution in [0.4, 0.5) is 0 Å². The molecule has 0 saturated carbocycles. The Labute approximate surface area is 67.8 Å². The van der Waals surface area contributed by atoms with Gasteiger partial charge in [0.15, 0.2) is 0 Å². The van der Waals surface area contributed by atoms with E-state index in [1.54, 1.807) is 0 Å². The van der Waals surface area contributed by atoms with Gasteiger partial charge in [0.05, 0.1) is 0 Å². The minimum atomic E-state index is 0.199. The molecule has 1 N–H and O–H groups in total. The third kappa shape index (κ3) is 4.82. The monoisotopic (exact) mass is 161 g/mol. The number of thiol groups is 1. The second kappa shape index (κ2) is 7.09. The second-order valence-corrected chi connectivity index (χ2v) is 2.75. The van der Waals surface area contributed by atoms with Crippen molar-refractivity contribution >= 4 is 18.9 Å². The Kier molecular flexibility index (Phi) is 7.08. The summed E-state index contributed by atoms with van der Waals surface area (Å²) in [5.74, 6) is 0.998. The highest BCUT2D eigenvalue weighted by Crippen LogP contribution is 2.04. The molecule has 0 spiro atoms. The summed E-state index contributed by atoms with van der Waals surface area (Å²) in [4.78, 5) is 10.3. The van der Waals surface area contributed by atoms with E-state index in [2.05, 4.69) is 17.9 Å². The van der Waals surface area contributed by atoms with Gasteiger partial charge >= 0.3 is 0 Å². The van der Waals surface area contributed by atoms with Crippen LogP contribution in [0.15, 0.2) is 0 Å². The van der Waals surface area contributed by atoms with Gasteiger partial charge in [-0.1, -0.05) is 0 Å². The summed E-state index contributed by atoms with van der Waals surface area (Å²) in [5.41, 5.74) is 0. The van der Waals surface area contributed by atoms with Gasteiger partial charge in [0.2, 0.25) is 0 Å². The predicted molar refractivity (Wildman–Crippen MR) is 46.6 cm³/mol. The molecule has 1 unspecified atom stereocenters. The summed E-state index contributed by atoms with van der Waals surface area (Å²) in [5, 5.41) is 3.01. The van der Waals surface area contributed by atoms with Gasteiger partial charge < -0.3 is 10.1 Å². The number of rotatable bonds is 6.